The molecule has 0 fully saturated rings. The van der Waals surface area contributed by atoms with Crippen molar-refractivity contribution >= 4 is 35.0 Å². The molecule has 1 aliphatic rings. The van der Waals surface area contributed by atoms with E-state index >= 15 is 0 Å². The lowest BCUT2D eigenvalue weighted by molar-refractivity contribution is -0.137. The van der Waals surface area contributed by atoms with E-state index in [1.54, 1.807) is 0 Å². The van der Waals surface area contributed by atoms with Gasteiger partial charge in [0.25, 0.3) is 5.91 Å². The molecule has 0 spiro atoms. The Balaban J connectivity index is 1.66. The van der Waals surface area contributed by atoms with Gasteiger partial charge in [0.15, 0.2) is 0 Å². The molecule has 1 atom stereocenters. The number of carbonyl (C=O) groups is 2. The van der Waals surface area contributed by atoms with Gasteiger partial charge in [-0.05, 0) is 36.4 Å². The van der Waals surface area contributed by atoms with Crippen LogP contribution in [0, 0.1) is 11.6 Å². The number of rotatable bonds is 5. The second kappa shape index (κ2) is 9.89. The zero-order valence-corrected chi connectivity index (χ0v) is 20.3. The molecule has 0 saturated carbocycles. The minimum atomic E-state index is -4.95. The highest BCUT2D eigenvalue weighted by molar-refractivity contribution is 6.31. The fourth-order valence-electron chi connectivity index (χ4n) is 4.20. The van der Waals surface area contributed by atoms with E-state index < -0.39 is 53.5 Å². The second-order valence-corrected chi connectivity index (χ2v) is 8.92. The number of halogens is 8. The van der Waals surface area contributed by atoms with Crippen molar-refractivity contribution in [2.24, 2.45) is 0 Å². The van der Waals surface area contributed by atoms with Crippen molar-refractivity contribution in [3.8, 4) is 5.69 Å². The van der Waals surface area contributed by atoms with Crippen LogP contribution in [0.3, 0.4) is 0 Å². The van der Waals surface area contributed by atoms with E-state index in [2.05, 4.69) is 21.0 Å². The van der Waals surface area contributed by atoms with Crippen LogP contribution < -0.4 is 16.0 Å². The Bertz CT molecular complexity index is 1650. The lowest BCUT2D eigenvalue weighted by atomic mass is 9.97. The van der Waals surface area contributed by atoms with Crippen molar-refractivity contribution in [1.29, 1.82) is 0 Å². The van der Waals surface area contributed by atoms with Crippen LogP contribution in [0.15, 0.2) is 55.0 Å². The molecule has 5 rings (SSSR count). The van der Waals surface area contributed by atoms with E-state index in [9.17, 15) is 40.3 Å². The lowest BCUT2D eigenvalue weighted by Crippen LogP contribution is -2.39. The zero-order valence-electron chi connectivity index (χ0n) is 19.5. The predicted molar refractivity (Wildman–Crippen MR) is 128 cm³/mol. The standard InChI is InChI=1S/C24H14ClF7N6O2/c25-16-2-1-12(26)6-15(16)19-18-17(34-21(39)10-3-11(24(30,31)32)5-13(27)4-10)9-37(20(18)36-23(40)35-19)14-7-33-38(8-14)22(28)29/h1-9,19,22H,(H,34,39)(H2,35,36,40). The molecule has 0 saturated heterocycles. The maximum absolute atomic E-state index is 14.2. The average molecular weight is 587 g/mol. The molecule has 3 N–H and O–H groups in total. The molecule has 4 aromatic rings. The normalized spacial score (nSPS) is 15.0. The Labute approximate surface area is 224 Å². The van der Waals surface area contributed by atoms with Gasteiger partial charge in [-0.1, -0.05) is 11.6 Å². The van der Waals surface area contributed by atoms with Crippen molar-refractivity contribution in [3.63, 3.8) is 0 Å². The summed E-state index contributed by atoms with van der Waals surface area (Å²) in [5.41, 5.74) is -2.17. The summed E-state index contributed by atoms with van der Waals surface area (Å²) in [5.74, 6) is -3.30. The number of amides is 3. The van der Waals surface area contributed by atoms with Crippen molar-refractivity contribution in [1.82, 2.24) is 19.7 Å². The molecule has 2 aromatic heterocycles. The molecule has 0 radical (unpaired) electrons. The number of hydrogen-bond acceptors (Lipinski definition) is 3. The quantitative estimate of drug-likeness (QED) is 0.233. The van der Waals surface area contributed by atoms with Gasteiger partial charge in [-0.25, -0.2) is 18.3 Å². The summed E-state index contributed by atoms with van der Waals surface area (Å²) in [4.78, 5) is 25.6. The van der Waals surface area contributed by atoms with Gasteiger partial charge in [-0.15, -0.1) is 0 Å². The van der Waals surface area contributed by atoms with Crippen molar-refractivity contribution in [3.05, 3.63) is 93.9 Å². The van der Waals surface area contributed by atoms with Crippen LogP contribution in [0.25, 0.3) is 5.69 Å². The Kier molecular flexibility index (Phi) is 6.69. The Hall–Kier alpha value is -4.53. The summed E-state index contributed by atoms with van der Waals surface area (Å²) in [7, 11) is 0. The van der Waals surface area contributed by atoms with Gasteiger partial charge < -0.3 is 10.6 Å². The molecule has 8 nitrogen and oxygen atoms in total. The molecule has 1 unspecified atom stereocenters. The first-order chi connectivity index (χ1) is 18.8. The number of carbonyl (C=O) groups excluding carboxylic acids is 2. The number of aromatic nitrogens is 3. The predicted octanol–water partition coefficient (Wildman–Crippen LogP) is 6.50. The summed E-state index contributed by atoms with van der Waals surface area (Å²) in [6.45, 7) is -3.01. The summed E-state index contributed by atoms with van der Waals surface area (Å²) >= 11 is 6.26. The van der Waals surface area contributed by atoms with E-state index in [0.29, 0.717) is 16.8 Å². The minimum Gasteiger partial charge on any atom is -0.327 e. The van der Waals surface area contributed by atoms with Crippen LogP contribution in [0.4, 0.5) is 47.0 Å². The maximum atomic E-state index is 14.2. The van der Waals surface area contributed by atoms with Gasteiger partial charge in [0.1, 0.15) is 17.5 Å². The van der Waals surface area contributed by atoms with E-state index in [4.69, 9.17) is 11.6 Å². The number of nitrogens with zero attached hydrogens (tertiary/aromatic N) is 3. The van der Waals surface area contributed by atoms with Gasteiger partial charge in [0, 0.05) is 27.9 Å². The fourth-order valence-corrected chi connectivity index (χ4v) is 4.42. The van der Waals surface area contributed by atoms with Crippen LogP contribution in [0.5, 0.6) is 0 Å². The highest BCUT2D eigenvalue weighted by Gasteiger charge is 2.35. The summed E-state index contributed by atoms with van der Waals surface area (Å²) in [6, 6.07) is 2.50. The molecule has 3 amide bonds. The Morgan fingerprint density at radius 2 is 1.82 bits per heavy atom. The van der Waals surface area contributed by atoms with Crippen LogP contribution in [0.1, 0.15) is 39.6 Å². The van der Waals surface area contributed by atoms with E-state index in [-0.39, 0.29) is 39.4 Å². The first-order valence-corrected chi connectivity index (χ1v) is 11.5. The number of benzene rings is 2. The second-order valence-electron chi connectivity index (χ2n) is 8.51. The number of urea groups is 1. The van der Waals surface area contributed by atoms with Gasteiger partial charge in [-0.3, -0.25) is 14.7 Å². The topological polar surface area (TPSA) is 93.0 Å². The summed E-state index contributed by atoms with van der Waals surface area (Å²) < 4.78 is 95.6. The molecule has 0 bridgehead atoms. The van der Waals surface area contributed by atoms with Gasteiger partial charge in [0.05, 0.1) is 35.4 Å². The van der Waals surface area contributed by atoms with Gasteiger partial charge in [-0.2, -0.15) is 27.1 Å². The van der Waals surface area contributed by atoms with Crippen LogP contribution in [-0.2, 0) is 6.18 Å². The van der Waals surface area contributed by atoms with Gasteiger partial charge >= 0.3 is 18.8 Å². The monoisotopic (exact) mass is 586 g/mol. The van der Waals surface area contributed by atoms with Crippen molar-refractivity contribution < 1.29 is 40.3 Å². The SMILES string of the molecule is O=C1Nc2c(c(NC(=O)c3cc(F)cc(C(F)(F)F)c3)cn2-c2cnn(C(F)F)c2)C(c2cc(F)ccc2Cl)N1. The summed E-state index contributed by atoms with van der Waals surface area (Å²) in [6.07, 6.45) is -1.82. The number of hydrogen-bond donors (Lipinski definition) is 3. The largest absolute Gasteiger partial charge is 0.416 e. The minimum absolute atomic E-state index is 0.00606. The molecule has 208 valence electrons. The zero-order chi connectivity index (χ0) is 28.9. The average Bonchev–Trinajstić information content (AvgIpc) is 3.49. The molecule has 40 heavy (non-hydrogen) atoms. The first kappa shape index (κ1) is 27.1. The number of fused-ring (bicyclic) bond motifs is 1. The molecule has 2 aromatic carbocycles. The first-order valence-electron chi connectivity index (χ1n) is 11.1. The van der Waals surface area contributed by atoms with E-state index in [1.165, 1.54) is 16.8 Å². The highest BCUT2D eigenvalue weighted by Crippen LogP contribution is 2.43. The molecular formula is C24H14ClF7N6O2. The van der Waals surface area contributed by atoms with Crippen molar-refractivity contribution in [2.45, 2.75) is 18.8 Å². The van der Waals surface area contributed by atoms with E-state index in [0.717, 1.165) is 24.5 Å². The third-order valence-electron chi connectivity index (χ3n) is 5.91. The van der Waals surface area contributed by atoms with Crippen LogP contribution in [-0.4, -0.2) is 26.3 Å². The molecular weight excluding hydrogens is 573 g/mol. The number of alkyl halides is 5. The smallest absolute Gasteiger partial charge is 0.327 e. The van der Waals surface area contributed by atoms with Crippen molar-refractivity contribution in [2.75, 3.05) is 10.6 Å². The number of anilines is 2. The molecule has 16 heteroatoms. The Morgan fingerprint density at radius 3 is 2.50 bits per heavy atom. The van der Waals surface area contributed by atoms with Crippen LogP contribution in [0.2, 0.25) is 5.02 Å². The van der Waals surface area contributed by atoms with Gasteiger partial charge in [0.2, 0.25) is 0 Å². The molecule has 1 aliphatic heterocycles. The lowest BCUT2D eigenvalue weighted by Gasteiger charge is -2.28. The Morgan fingerprint density at radius 1 is 1.07 bits per heavy atom. The van der Waals surface area contributed by atoms with Crippen LogP contribution >= 0.6 is 11.6 Å². The summed E-state index contributed by atoms with van der Waals surface area (Å²) in [5, 5.41) is 10.9. The maximum Gasteiger partial charge on any atom is 0.416 e. The molecule has 3 heterocycles. The molecule has 0 aliphatic carbocycles. The third kappa shape index (κ3) is 5.06. The number of nitrogens with one attached hydrogen (secondary N) is 3. The third-order valence-corrected chi connectivity index (χ3v) is 6.26. The highest BCUT2D eigenvalue weighted by atomic mass is 35.5. The van der Waals surface area contributed by atoms with E-state index in [1.807, 2.05) is 0 Å². The fraction of sp³-hybridized carbons (Fsp3) is 0.125.